The van der Waals surface area contributed by atoms with Gasteiger partial charge < -0.3 is 10.1 Å². The zero-order valence-corrected chi connectivity index (χ0v) is 13.2. The molecule has 21 heavy (non-hydrogen) atoms. The Morgan fingerprint density at radius 2 is 1.57 bits per heavy atom. The molecular formula is C19H25NO. The average molecular weight is 283 g/mol. The van der Waals surface area contributed by atoms with E-state index in [9.17, 15) is 0 Å². The first kappa shape index (κ1) is 15.4. The number of anilines is 1. The van der Waals surface area contributed by atoms with Gasteiger partial charge in [0.25, 0.3) is 0 Å². The fraction of sp³-hybridized carbons (Fsp3) is 0.368. The molecule has 1 N–H and O–H groups in total. The lowest BCUT2D eigenvalue weighted by Crippen LogP contribution is -2.12. The number of benzene rings is 2. The maximum atomic E-state index is 5.87. The summed E-state index contributed by atoms with van der Waals surface area (Å²) in [5.41, 5.74) is 2.42. The third-order valence-electron chi connectivity index (χ3n) is 3.43. The highest BCUT2D eigenvalue weighted by atomic mass is 16.5. The van der Waals surface area contributed by atoms with Crippen LogP contribution in [-0.2, 0) is 0 Å². The first-order valence-electron chi connectivity index (χ1n) is 7.67. The normalized spacial score (nSPS) is 12.2. The van der Waals surface area contributed by atoms with Crippen molar-refractivity contribution < 1.29 is 4.74 Å². The summed E-state index contributed by atoms with van der Waals surface area (Å²) < 4.78 is 5.87. The zero-order valence-electron chi connectivity index (χ0n) is 13.2. The third-order valence-corrected chi connectivity index (χ3v) is 3.43. The van der Waals surface area contributed by atoms with Gasteiger partial charge in [-0.25, -0.2) is 0 Å². The van der Waals surface area contributed by atoms with Crippen molar-refractivity contribution in [1.29, 1.82) is 0 Å². The summed E-state index contributed by atoms with van der Waals surface area (Å²) in [6.07, 6.45) is 0. The molecule has 0 fully saturated rings. The maximum Gasteiger partial charge on any atom is 0.142 e. The van der Waals surface area contributed by atoms with Gasteiger partial charge in [-0.3, -0.25) is 0 Å². The monoisotopic (exact) mass is 283 g/mol. The van der Waals surface area contributed by atoms with Crippen molar-refractivity contribution in [3.63, 3.8) is 0 Å². The van der Waals surface area contributed by atoms with E-state index in [0.29, 0.717) is 11.8 Å². The molecule has 0 aromatic heterocycles. The first-order chi connectivity index (χ1) is 10.2. The Labute approximate surface area is 128 Å². The van der Waals surface area contributed by atoms with Crippen molar-refractivity contribution >= 4 is 5.69 Å². The molecule has 2 aromatic rings. The van der Waals surface area contributed by atoms with Crippen LogP contribution in [0.25, 0.3) is 0 Å². The summed E-state index contributed by atoms with van der Waals surface area (Å²) in [5.74, 6) is 1.93. The molecule has 2 nitrogen and oxygen atoms in total. The molecule has 2 heteroatoms. The highest BCUT2D eigenvalue weighted by Gasteiger charge is 2.07. The quantitative estimate of drug-likeness (QED) is 0.777. The molecule has 0 radical (unpaired) electrons. The van der Waals surface area contributed by atoms with Crippen LogP contribution in [-0.4, -0.2) is 13.2 Å². The Hall–Kier alpha value is -1.96. The molecule has 0 aliphatic heterocycles. The van der Waals surface area contributed by atoms with E-state index in [1.165, 1.54) is 5.56 Å². The number of ether oxygens (including phenoxy) is 1. The van der Waals surface area contributed by atoms with Crippen LogP contribution in [0.5, 0.6) is 5.75 Å². The number of rotatable bonds is 7. The smallest absolute Gasteiger partial charge is 0.142 e. The molecule has 1 unspecified atom stereocenters. The summed E-state index contributed by atoms with van der Waals surface area (Å²) in [7, 11) is 0. The van der Waals surface area contributed by atoms with E-state index in [1.807, 2.05) is 18.2 Å². The second-order valence-electron chi connectivity index (χ2n) is 5.89. The van der Waals surface area contributed by atoms with Crippen molar-refractivity contribution in [2.45, 2.75) is 26.7 Å². The number of hydrogen-bond acceptors (Lipinski definition) is 2. The zero-order chi connectivity index (χ0) is 15.1. The third kappa shape index (κ3) is 4.82. The van der Waals surface area contributed by atoms with Gasteiger partial charge in [0.15, 0.2) is 0 Å². The van der Waals surface area contributed by atoms with Crippen LogP contribution in [0.4, 0.5) is 5.69 Å². The molecule has 1 atom stereocenters. The van der Waals surface area contributed by atoms with Gasteiger partial charge in [-0.2, -0.15) is 0 Å². The Balaban J connectivity index is 1.96. The van der Waals surface area contributed by atoms with Gasteiger partial charge in [-0.15, -0.1) is 0 Å². The minimum Gasteiger partial charge on any atom is -0.491 e. The van der Waals surface area contributed by atoms with Crippen LogP contribution in [0.2, 0.25) is 0 Å². The summed E-state index contributed by atoms with van der Waals surface area (Å²) in [4.78, 5) is 0. The lowest BCUT2D eigenvalue weighted by molar-refractivity contribution is 0.272. The van der Waals surface area contributed by atoms with Crippen LogP contribution in [0.1, 0.15) is 32.3 Å². The van der Waals surface area contributed by atoms with Gasteiger partial charge in [-0.05, 0) is 29.5 Å². The fourth-order valence-electron chi connectivity index (χ4n) is 2.16. The number of hydrogen-bond donors (Lipinski definition) is 1. The molecule has 0 saturated carbocycles. The van der Waals surface area contributed by atoms with Crippen LogP contribution in [0.3, 0.4) is 0 Å². The van der Waals surface area contributed by atoms with E-state index in [-0.39, 0.29) is 0 Å². The Morgan fingerprint density at radius 1 is 0.905 bits per heavy atom. The van der Waals surface area contributed by atoms with Crippen LogP contribution in [0, 0.1) is 5.92 Å². The molecule has 0 saturated heterocycles. The Kier molecular flexibility index (Phi) is 5.68. The van der Waals surface area contributed by atoms with Gasteiger partial charge in [0.2, 0.25) is 0 Å². The van der Waals surface area contributed by atoms with Crippen molar-refractivity contribution in [2.24, 2.45) is 5.92 Å². The molecule has 0 aliphatic carbocycles. The number of para-hydroxylation sites is 2. The standard InChI is InChI=1S/C19H25NO/c1-15(2)14-21-19-12-8-7-11-18(19)20-13-16(3)17-9-5-4-6-10-17/h4-12,15-16,20H,13-14H2,1-3H3. The Morgan fingerprint density at radius 3 is 2.29 bits per heavy atom. The van der Waals surface area contributed by atoms with Gasteiger partial charge in [0, 0.05) is 6.54 Å². The molecule has 0 spiro atoms. The molecule has 2 rings (SSSR count). The van der Waals surface area contributed by atoms with Gasteiger partial charge >= 0.3 is 0 Å². The molecule has 0 aliphatic rings. The topological polar surface area (TPSA) is 21.3 Å². The highest BCUT2D eigenvalue weighted by molar-refractivity contribution is 5.56. The lowest BCUT2D eigenvalue weighted by Gasteiger charge is -2.17. The van der Waals surface area contributed by atoms with Gasteiger partial charge in [0.1, 0.15) is 5.75 Å². The molecule has 0 heterocycles. The molecular weight excluding hydrogens is 258 g/mol. The van der Waals surface area contributed by atoms with Crippen molar-refractivity contribution in [3.8, 4) is 5.75 Å². The van der Waals surface area contributed by atoms with E-state index < -0.39 is 0 Å². The minimum atomic E-state index is 0.462. The molecule has 2 aromatic carbocycles. The summed E-state index contributed by atoms with van der Waals surface area (Å²) >= 11 is 0. The van der Waals surface area contributed by atoms with Crippen LogP contribution < -0.4 is 10.1 Å². The lowest BCUT2D eigenvalue weighted by atomic mass is 10.0. The van der Waals surface area contributed by atoms with E-state index in [4.69, 9.17) is 4.74 Å². The van der Waals surface area contributed by atoms with Crippen molar-refractivity contribution in [3.05, 3.63) is 60.2 Å². The maximum absolute atomic E-state index is 5.87. The minimum absolute atomic E-state index is 0.462. The first-order valence-corrected chi connectivity index (χ1v) is 7.67. The van der Waals surface area contributed by atoms with E-state index in [2.05, 4.69) is 62.5 Å². The summed E-state index contributed by atoms with van der Waals surface area (Å²) in [6.45, 7) is 8.19. The largest absolute Gasteiger partial charge is 0.491 e. The van der Waals surface area contributed by atoms with Crippen LogP contribution in [0.15, 0.2) is 54.6 Å². The molecule has 0 bridgehead atoms. The van der Waals surface area contributed by atoms with E-state index >= 15 is 0 Å². The second-order valence-corrected chi connectivity index (χ2v) is 5.89. The van der Waals surface area contributed by atoms with E-state index in [1.54, 1.807) is 0 Å². The predicted molar refractivity (Wildman–Crippen MR) is 90.1 cm³/mol. The van der Waals surface area contributed by atoms with Crippen molar-refractivity contribution in [1.82, 2.24) is 0 Å². The fourth-order valence-corrected chi connectivity index (χ4v) is 2.16. The molecule has 0 amide bonds. The molecule has 112 valence electrons. The van der Waals surface area contributed by atoms with Crippen LogP contribution >= 0.6 is 0 Å². The second kappa shape index (κ2) is 7.72. The summed E-state index contributed by atoms with van der Waals surface area (Å²) in [5, 5.41) is 3.51. The van der Waals surface area contributed by atoms with E-state index in [0.717, 1.165) is 24.6 Å². The Bertz CT molecular complexity index is 536. The number of nitrogens with one attached hydrogen (secondary N) is 1. The highest BCUT2D eigenvalue weighted by Crippen LogP contribution is 2.25. The van der Waals surface area contributed by atoms with Gasteiger partial charge in [0.05, 0.1) is 12.3 Å². The average Bonchev–Trinajstić information content (AvgIpc) is 2.52. The predicted octanol–water partition coefficient (Wildman–Crippen LogP) is 4.94. The SMILES string of the molecule is CC(C)COc1ccccc1NCC(C)c1ccccc1. The van der Waals surface area contributed by atoms with Crippen molar-refractivity contribution in [2.75, 3.05) is 18.5 Å². The summed E-state index contributed by atoms with van der Waals surface area (Å²) in [6, 6.07) is 18.7. The van der Waals surface area contributed by atoms with Gasteiger partial charge in [-0.1, -0.05) is 63.2 Å².